The zero-order chi connectivity index (χ0) is 13.8. The summed E-state index contributed by atoms with van der Waals surface area (Å²) in [4.78, 5) is 11.1. The molecule has 0 atom stereocenters. The van der Waals surface area contributed by atoms with Gasteiger partial charge in [-0.3, -0.25) is 0 Å². The maximum absolute atomic E-state index is 11.1. The molecule has 0 aliphatic rings. The molecule has 0 aliphatic heterocycles. The van der Waals surface area contributed by atoms with Gasteiger partial charge < -0.3 is 14.4 Å². The van der Waals surface area contributed by atoms with E-state index in [1.54, 1.807) is 31.2 Å². The van der Waals surface area contributed by atoms with Crippen LogP contribution in [0.5, 0.6) is 5.75 Å². The van der Waals surface area contributed by atoms with Crippen LogP contribution in [-0.4, -0.2) is 23.3 Å². The minimum atomic E-state index is -0.449. The molecular formula is C14H13NO4. The molecule has 1 aromatic carbocycles. The van der Waals surface area contributed by atoms with Crippen molar-refractivity contribution in [3.63, 3.8) is 0 Å². The van der Waals surface area contributed by atoms with Gasteiger partial charge in [-0.05, 0) is 30.7 Å². The zero-order valence-electron chi connectivity index (χ0n) is 10.6. The first-order chi connectivity index (χ1) is 9.10. The van der Waals surface area contributed by atoms with Crippen LogP contribution in [0, 0.1) is 6.92 Å². The number of methoxy groups -OCH3 is 1. The molecule has 0 amide bonds. The van der Waals surface area contributed by atoms with Crippen LogP contribution >= 0.6 is 0 Å². The summed E-state index contributed by atoms with van der Waals surface area (Å²) in [6, 6.07) is 6.54. The van der Waals surface area contributed by atoms with Gasteiger partial charge in [0.1, 0.15) is 17.2 Å². The summed E-state index contributed by atoms with van der Waals surface area (Å²) in [6.07, 6.45) is 2.91. The summed E-state index contributed by atoms with van der Waals surface area (Å²) in [5, 5.41) is 13.5. The Labute approximate surface area is 110 Å². The third-order valence-corrected chi connectivity index (χ3v) is 2.54. The van der Waals surface area contributed by atoms with Crippen LogP contribution in [0.4, 0.5) is 0 Å². The van der Waals surface area contributed by atoms with E-state index in [2.05, 4.69) is 9.89 Å². The second kappa shape index (κ2) is 5.39. The number of aromatic hydroxyl groups is 1. The first kappa shape index (κ1) is 12.9. The fourth-order valence-corrected chi connectivity index (χ4v) is 1.63. The molecule has 19 heavy (non-hydrogen) atoms. The highest BCUT2D eigenvalue weighted by Gasteiger charge is 2.09. The molecule has 5 heteroatoms. The minimum absolute atomic E-state index is 0.117. The Morgan fingerprint density at radius 3 is 2.84 bits per heavy atom. The lowest BCUT2D eigenvalue weighted by Crippen LogP contribution is -1.93. The van der Waals surface area contributed by atoms with Crippen LogP contribution < -0.4 is 0 Å². The predicted octanol–water partition coefficient (Wildman–Crippen LogP) is 2.54. The molecule has 0 spiro atoms. The molecule has 0 bridgehead atoms. The number of benzene rings is 1. The maximum atomic E-state index is 11.1. The topological polar surface area (TPSA) is 72.6 Å². The van der Waals surface area contributed by atoms with Crippen LogP contribution in [0.1, 0.15) is 11.3 Å². The van der Waals surface area contributed by atoms with Gasteiger partial charge in [0.05, 0.1) is 7.11 Å². The summed E-state index contributed by atoms with van der Waals surface area (Å²) in [5.74, 6) is 0.336. The van der Waals surface area contributed by atoms with Crippen molar-refractivity contribution in [1.82, 2.24) is 5.16 Å². The molecule has 0 saturated heterocycles. The van der Waals surface area contributed by atoms with Gasteiger partial charge in [0.15, 0.2) is 0 Å². The monoisotopic (exact) mass is 259 g/mol. The van der Waals surface area contributed by atoms with E-state index in [-0.39, 0.29) is 5.75 Å². The maximum Gasteiger partial charge on any atom is 0.330 e. The number of carbonyl (C=O) groups is 1. The van der Waals surface area contributed by atoms with Crippen LogP contribution in [0.15, 0.2) is 34.9 Å². The van der Waals surface area contributed by atoms with Crippen molar-refractivity contribution >= 4 is 12.0 Å². The van der Waals surface area contributed by atoms with Crippen molar-refractivity contribution in [2.75, 3.05) is 7.11 Å². The van der Waals surface area contributed by atoms with E-state index in [0.717, 1.165) is 5.56 Å². The van der Waals surface area contributed by atoms with Crippen molar-refractivity contribution in [3.8, 4) is 17.0 Å². The molecule has 1 heterocycles. The Bertz CT molecular complexity index is 628. The molecule has 0 saturated carbocycles. The van der Waals surface area contributed by atoms with E-state index in [9.17, 15) is 9.90 Å². The number of phenols is 1. The average molecular weight is 259 g/mol. The van der Waals surface area contributed by atoms with Gasteiger partial charge in [-0.15, -0.1) is 0 Å². The summed E-state index contributed by atoms with van der Waals surface area (Å²) in [7, 11) is 1.31. The van der Waals surface area contributed by atoms with Crippen molar-refractivity contribution in [2.24, 2.45) is 0 Å². The summed E-state index contributed by atoms with van der Waals surface area (Å²) in [6.45, 7) is 1.78. The number of phenolic OH excluding ortho intramolecular Hbond substituents is 1. The van der Waals surface area contributed by atoms with Gasteiger partial charge in [0, 0.05) is 17.7 Å². The lowest BCUT2D eigenvalue weighted by molar-refractivity contribution is -0.134. The third kappa shape index (κ3) is 3.01. The number of nitrogens with zero attached hydrogens (tertiary/aromatic N) is 1. The standard InChI is InChI=1S/C14H13NO4/c1-9-7-13(15-19-9)12-8-11(16)5-3-10(12)4-6-14(17)18-2/h3-8,16H,1-2H3/b6-4+. The highest BCUT2D eigenvalue weighted by atomic mass is 16.5. The lowest BCUT2D eigenvalue weighted by Gasteiger charge is -2.03. The highest BCUT2D eigenvalue weighted by molar-refractivity contribution is 5.89. The second-order valence-electron chi connectivity index (χ2n) is 3.95. The number of carbonyl (C=O) groups excluding carboxylic acids is 1. The fourth-order valence-electron chi connectivity index (χ4n) is 1.63. The number of ether oxygens (including phenoxy) is 1. The van der Waals surface area contributed by atoms with Crippen LogP contribution in [0.2, 0.25) is 0 Å². The van der Waals surface area contributed by atoms with E-state index < -0.39 is 5.97 Å². The molecule has 1 N–H and O–H groups in total. The smallest absolute Gasteiger partial charge is 0.330 e. The van der Waals surface area contributed by atoms with Crippen molar-refractivity contribution < 1.29 is 19.2 Å². The van der Waals surface area contributed by atoms with Gasteiger partial charge >= 0.3 is 5.97 Å². The summed E-state index contributed by atoms with van der Waals surface area (Å²) in [5.41, 5.74) is 2.01. The Hall–Kier alpha value is -2.56. The van der Waals surface area contributed by atoms with Crippen molar-refractivity contribution in [1.29, 1.82) is 0 Å². The number of rotatable bonds is 3. The molecule has 5 nitrogen and oxygen atoms in total. The molecule has 0 aliphatic carbocycles. The Morgan fingerprint density at radius 2 is 2.21 bits per heavy atom. The molecule has 2 aromatic rings. The van der Waals surface area contributed by atoms with Crippen LogP contribution in [0.3, 0.4) is 0 Å². The normalized spacial score (nSPS) is 10.8. The Morgan fingerprint density at radius 1 is 1.42 bits per heavy atom. The number of hydrogen-bond acceptors (Lipinski definition) is 5. The van der Waals surface area contributed by atoms with Gasteiger partial charge in [-0.2, -0.15) is 0 Å². The van der Waals surface area contributed by atoms with E-state index in [0.29, 0.717) is 17.0 Å². The SMILES string of the molecule is COC(=O)/C=C/c1ccc(O)cc1-c1cc(C)on1. The minimum Gasteiger partial charge on any atom is -0.508 e. The quantitative estimate of drug-likeness (QED) is 0.677. The number of aromatic nitrogens is 1. The predicted molar refractivity (Wildman–Crippen MR) is 69.4 cm³/mol. The zero-order valence-corrected chi connectivity index (χ0v) is 10.6. The van der Waals surface area contributed by atoms with Gasteiger partial charge in [-0.25, -0.2) is 4.79 Å². The average Bonchev–Trinajstić information content (AvgIpc) is 2.83. The highest BCUT2D eigenvalue weighted by Crippen LogP contribution is 2.28. The van der Waals surface area contributed by atoms with Crippen molar-refractivity contribution in [3.05, 3.63) is 41.7 Å². The molecular weight excluding hydrogens is 246 g/mol. The molecule has 0 radical (unpaired) electrons. The van der Waals surface area contributed by atoms with E-state index >= 15 is 0 Å². The molecule has 1 aromatic heterocycles. The van der Waals surface area contributed by atoms with Crippen LogP contribution in [-0.2, 0) is 9.53 Å². The third-order valence-electron chi connectivity index (χ3n) is 2.54. The molecule has 0 unspecified atom stereocenters. The number of hydrogen-bond donors (Lipinski definition) is 1. The Balaban J connectivity index is 2.44. The number of aryl methyl sites for hydroxylation is 1. The van der Waals surface area contributed by atoms with E-state index in [1.165, 1.54) is 19.3 Å². The largest absolute Gasteiger partial charge is 0.508 e. The second-order valence-corrected chi connectivity index (χ2v) is 3.95. The van der Waals surface area contributed by atoms with Crippen molar-refractivity contribution in [2.45, 2.75) is 6.92 Å². The first-order valence-corrected chi connectivity index (χ1v) is 5.63. The van der Waals surface area contributed by atoms with Crippen LogP contribution in [0.25, 0.3) is 17.3 Å². The van der Waals surface area contributed by atoms with E-state index in [1.807, 2.05) is 0 Å². The lowest BCUT2D eigenvalue weighted by atomic mass is 10.0. The molecule has 98 valence electrons. The van der Waals surface area contributed by atoms with Gasteiger partial charge in [0.2, 0.25) is 0 Å². The first-order valence-electron chi connectivity index (χ1n) is 5.63. The Kier molecular flexibility index (Phi) is 3.66. The summed E-state index contributed by atoms with van der Waals surface area (Å²) >= 11 is 0. The fraction of sp³-hybridized carbons (Fsp3) is 0.143. The van der Waals surface area contributed by atoms with Gasteiger partial charge in [0.25, 0.3) is 0 Å². The molecule has 0 fully saturated rings. The van der Waals surface area contributed by atoms with Gasteiger partial charge in [-0.1, -0.05) is 11.2 Å². The molecule has 2 rings (SSSR count). The summed E-state index contributed by atoms with van der Waals surface area (Å²) < 4.78 is 9.55. The number of esters is 1. The van der Waals surface area contributed by atoms with E-state index in [4.69, 9.17) is 4.52 Å².